The Morgan fingerprint density at radius 3 is 2.55 bits per heavy atom. The van der Waals surface area contributed by atoms with Crippen LogP contribution < -0.4 is 20.1 Å². The van der Waals surface area contributed by atoms with Gasteiger partial charge in [-0.2, -0.15) is 4.68 Å². The lowest BCUT2D eigenvalue weighted by Crippen LogP contribution is -2.31. The third kappa shape index (κ3) is 5.08. The molecule has 1 unspecified atom stereocenters. The van der Waals surface area contributed by atoms with Crippen molar-refractivity contribution in [1.29, 1.82) is 0 Å². The van der Waals surface area contributed by atoms with E-state index >= 15 is 0 Å². The van der Waals surface area contributed by atoms with E-state index in [0.29, 0.717) is 47.6 Å². The van der Waals surface area contributed by atoms with Crippen molar-refractivity contribution in [2.24, 2.45) is 0 Å². The van der Waals surface area contributed by atoms with Crippen LogP contribution in [0.5, 0.6) is 11.5 Å². The minimum atomic E-state index is -0.573. The highest BCUT2D eigenvalue weighted by molar-refractivity contribution is 6.06. The number of anilines is 2. The molecule has 0 spiro atoms. The van der Waals surface area contributed by atoms with Crippen molar-refractivity contribution in [2.45, 2.75) is 40.3 Å². The number of allylic oxidation sites excluding steroid dienone is 1. The smallest absolute Gasteiger partial charge is 0.255 e. The topological polar surface area (TPSA) is 103 Å². The Balaban J connectivity index is 1.49. The summed E-state index contributed by atoms with van der Waals surface area (Å²) in [6.45, 7) is 8.71. The van der Waals surface area contributed by atoms with Crippen molar-refractivity contribution in [3.63, 3.8) is 0 Å². The quantitative estimate of drug-likeness (QED) is 0.336. The minimum Gasteiger partial charge on any atom is -0.490 e. The molecule has 1 aromatic heterocycles. The van der Waals surface area contributed by atoms with Crippen LogP contribution in [0, 0.1) is 13.8 Å². The van der Waals surface area contributed by atoms with Gasteiger partial charge in [-0.25, -0.2) is 0 Å². The Morgan fingerprint density at radius 1 is 1.00 bits per heavy atom. The molecule has 9 nitrogen and oxygen atoms in total. The molecule has 38 heavy (non-hydrogen) atoms. The number of tetrazole rings is 1. The Morgan fingerprint density at radius 2 is 1.79 bits per heavy atom. The number of benzene rings is 3. The molecule has 1 amide bonds. The summed E-state index contributed by atoms with van der Waals surface area (Å²) in [5.41, 5.74) is 6.04. The van der Waals surface area contributed by atoms with Gasteiger partial charge in [0.25, 0.3) is 5.91 Å². The van der Waals surface area contributed by atoms with E-state index in [4.69, 9.17) is 9.47 Å². The zero-order valence-corrected chi connectivity index (χ0v) is 21.9. The largest absolute Gasteiger partial charge is 0.490 e. The summed E-state index contributed by atoms with van der Waals surface area (Å²) < 4.78 is 13.7. The van der Waals surface area contributed by atoms with Crippen LogP contribution in [0.25, 0.3) is 0 Å². The maximum atomic E-state index is 13.6. The van der Waals surface area contributed by atoms with Gasteiger partial charge in [0.15, 0.2) is 11.5 Å². The van der Waals surface area contributed by atoms with Crippen LogP contribution in [0.2, 0.25) is 0 Å². The van der Waals surface area contributed by atoms with Crippen molar-refractivity contribution in [2.75, 3.05) is 17.2 Å². The molecule has 4 aromatic rings. The maximum Gasteiger partial charge on any atom is 0.255 e. The monoisotopic (exact) mass is 510 g/mol. The van der Waals surface area contributed by atoms with Crippen molar-refractivity contribution in [3.05, 3.63) is 100 Å². The van der Waals surface area contributed by atoms with Crippen molar-refractivity contribution < 1.29 is 14.3 Å². The van der Waals surface area contributed by atoms with Gasteiger partial charge in [0, 0.05) is 11.4 Å². The van der Waals surface area contributed by atoms with Crippen molar-refractivity contribution in [3.8, 4) is 11.5 Å². The molecule has 1 aliphatic heterocycles. The number of aromatic nitrogens is 4. The molecule has 1 atom stereocenters. The number of rotatable bonds is 8. The van der Waals surface area contributed by atoms with E-state index in [2.05, 4.69) is 39.1 Å². The predicted octanol–water partition coefficient (Wildman–Crippen LogP) is 5.20. The van der Waals surface area contributed by atoms with Crippen LogP contribution in [0.3, 0.4) is 0 Å². The lowest BCUT2D eigenvalue weighted by molar-refractivity contribution is -0.113. The van der Waals surface area contributed by atoms with Crippen LogP contribution in [0.1, 0.15) is 42.1 Å². The second-order valence-corrected chi connectivity index (χ2v) is 9.19. The first-order chi connectivity index (χ1) is 18.4. The highest BCUT2D eigenvalue weighted by atomic mass is 16.5. The molecule has 2 N–H and O–H groups in total. The standard InChI is InChI=1S/C29H30N6O3/c1-5-37-25-16-21(12-15-24(25)38-17-22-9-7-6-8-19(22)3)27-26(20(4)30-29-32-33-34-35(27)29)28(36)31-23-13-10-18(2)11-14-23/h6-16,27H,5,17H2,1-4H3,(H,31,36)(H,30,32,34). The van der Waals surface area contributed by atoms with Gasteiger partial charge in [0.1, 0.15) is 12.6 Å². The molecule has 2 heterocycles. The third-order valence-electron chi connectivity index (χ3n) is 6.50. The average Bonchev–Trinajstić information content (AvgIpc) is 3.37. The Labute approximate surface area is 221 Å². The molecule has 9 heteroatoms. The lowest BCUT2D eigenvalue weighted by Gasteiger charge is -2.28. The molecule has 0 saturated heterocycles. The molecule has 194 valence electrons. The van der Waals surface area contributed by atoms with E-state index in [9.17, 15) is 4.79 Å². The van der Waals surface area contributed by atoms with Gasteiger partial charge in [-0.05, 0) is 79.1 Å². The zero-order chi connectivity index (χ0) is 26.6. The molecule has 0 radical (unpaired) electrons. The second kappa shape index (κ2) is 10.8. The van der Waals surface area contributed by atoms with E-state index in [1.165, 1.54) is 0 Å². The lowest BCUT2D eigenvalue weighted by atomic mass is 9.94. The number of carbonyl (C=O) groups excluding carboxylic acids is 1. The van der Waals surface area contributed by atoms with Gasteiger partial charge in [0.2, 0.25) is 5.95 Å². The van der Waals surface area contributed by atoms with Crippen molar-refractivity contribution >= 4 is 17.5 Å². The summed E-state index contributed by atoms with van der Waals surface area (Å²) in [4.78, 5) is 13.6. The first kappa shape index (κ1) is 25.0. The van der Waals surface area contributed by atoms with Gasteiger partial charge in [-0.3, -0.25) is 4.79 Å². The number of fused-ring (bicyclic) bond motifs is 1. The van der Waals surface area contributed by atoms with Gasteiger partial charge < -0.3 is 20.1 Å². The van der Waals surface area contributed by atoms with Gasteiger partial charge in [-0.15, -0.1) is 0 Å². The van der Waals surface area contributed by atoms with E-state index < -0.39 is 6.04 Å². The molecule has 3 aromatic carbocycles. The Kier molecular flexibility index (Phi) is 7.08. The fraction of sp³-hybridized carbons (Fsp3) is 0.241. The number of aryl methyl sites for hydroxylation is 2. The number of carbonyl (C=O) groups is 1. The van der Waals surface area contributed by atoms with Crippen LogP contribution in [0.4, 0.5) is 11.6 Å². The van der Waals surface area contributed by atoms with E-state index in [1.54, 1.807) is 4.68 Å². The SMILES string of the molecule is CCOc1cc(C2C(C(=O)Nc3ccc(C)cc3)=C(C)Nc3nnnn32)ccc1OCc1ccccc1C. The second-order valence-electron chi connectivity index (χ2n) is 9.19. The summed E-state index contributed by atoms with van der Waals surface area (Å²) in [6, 6.07) is 20.9. The average molecular weight is 511 g/mol. The number of nitrogens with zero attached hydrogens (tertiary/aromatic N) is 4. The van der Waals surface area contributed by atoms with Crippen LogP contribution in [-0.4, -0.2) is 32.7 Å². The van der Waals surface area contributed by atoms with Crippen LogP contribution >= 0.6 is 0 Å². The Hall–Kier alpha value is -4.66. The highest BCUT2D eigenvalue weighted by Crippen LogP contribution is 2.39. The first-order valence-electron chi connectivity index (χ1n) is 12.5. The molecule has 0 bridgehead atoms. The summed E-state index contributed by atoms with van der Waals surface area (Å²) in [7, 11) is 0. The van der Waals surface area contributed by atoms with E-state index in [-0.39, 0.29) is 5.91 Å². The molecule has 1 aliphatic rings. The Bertz CT molecular complexity index is 1490. The van der Waals surface area contributed by atoms with Gasteiger partial charge in [0.05, 0.1) is 12.2 Å². The maximum absolute atomic E-state index is 13.6. The first-order valence-corrected chi connectivity index (χ1v) is 12.5. The molecule has 0 fully saturated rings. The predicted molar refractivity (Wildman–Crippen MR) is 145 cm³/mol. The highest BCUT2D eigenvalue weighted by Gasteiger charge is 2.34. The fourth-order valence-corrected chi connectivity index (χ4v) is 4.46. The zero-order valence-electron chi connectivity index (χ0n) is 21.9. The number of amides is 1. The molecule has 5 rings (SSSR count). The summed E-state index contributed by atoms with van der Waals surface area (Å²) in [5, 5.41) is 18.3. The van der Waals surface area contributed by atoms with Crippen molar-refractivity contribution in [1.82, 2.24) is 20.2 Å². The molecule has 0 saturated carbocycles. The third-order valence-corrected chi connectivity index (χ3v) is 6.50. The fourth-order valence-electron chi connectivity index (χ4n) is 4.46. The van der Waals surface area contributed by atoms with Gasteiger partial charge in [-0.1, -0.05) is 53.1 Å². The van der Waals surface area contributed by atoms with Crippen LogP contribution in [0.15, 0.2) is 78.0 Å². The van der Waals surface area contributed by atoms with Gasteiger partial charge >= 0.3 is 0 Å². The molecular formula is C29H30N6O3. The van der Waals surface area contributed by atoms with Crippen LogP contribution in [-0.2, 0) is 11.4 Å². The summed E-state index contributed by atoms with van der Waals surface area (Å²) in [5.74, 6) is 1.42. The van der Waals surface area contributed by atoms with E-state index in [0.717, 1.165) is 22.3 Å². The molecular weight excluding hydrogens is 480 g/mol. The minimum absolute atomic E-state index is 0.247. The summed E-state index contributed by atoms with van der Waals surface area (Å²) >= 11 is 0. The number of ether oxygens (including phenoxy) is 2. The van der Waals surface area contributed by atoms with E-state index in [1.807, 2.05) is 81.4 Å². The number of nitrogens with one attached hydrogen (secondary N) is 2. The normalized spacial score (nSPS) is 14.5. The number of hydrogen-bond acceptors (Lipinski definition) is 7. The molecule has 0 aliphatic carbocycles. The number of hydrogen-bond donors (Lipinski definition) is 2. The summed E-state index contributed by atoms with van der Waals surface area (Å²) in [6.07, 6.45) is 0.